The normalized spacial score (nSPS) is 32.6. The Labute approximate surface area is 119 Å². The number of rotatable bonds is 3. The van der Waals surface area contributed by atoms with Crippen LogP contribution in [0.5, 0.6) is 0 Å². The van der Waals surface area contributed by atoms with Crippen LogP contribution in [0.15, 0.2) is 30.1 Å². The number of aromatic nitrogens is 4. The number of hydrogen-bond acceptors (Lipinski definition) is 6. The van der Waals surface area contributed by atoms with Crippen LogP contribution in [0, 0.1) is 5.92 Å². The zero-order valence-electron chi connectivity index (χ0n) is 11.4. The molecule has 1 aliphatic heterocycles. The minimum atomic E-state index is -1.23. The lowest BCUT2D eigenvalue weighted by molar-refractivity contribution is -0.0957. The SMILES string of the molecule is C=C[C@]1(CO)O[C@@H](n2cnc3c(=O)[nH]cnc32)[C@H](C)[C@@H]1O. The van der Waals surface area contributed by atoms with Crippen LogP contribution in [0.4, 0.5) is 0 Å². The highest BCUT2D eigenvalue weighted by molar-refractivity contribution is 5.68. The maximum absolute atomic E-state index is 11.7. The third-order valence-electron chi connectivity index (χ3n) is 4.02. The van der Waals surface area contributed by atoms with Crippen LogP contribution in [-0.4, -0.2) is 48.0 Å². The number of imidazole rings is 1. The second-order valence-electron chi connectivity index (χ2n) is 5.19. The van der Waals surface area contributed by atoms with E-state index in [4.69, 9.17) is 4.74 Å². The van der Waals surface area contributed by atoms with E-state index in [9.17, 15) is 15.0 Å². The van der Waals surface area contributed by atoms with E-state index in [1.807, 2.05) is 0 Å². The molecule has 0 unspecified atom stereocenters. The van der Waals surface area contributed by atoms with Crippen molar-refractivity contribution in [3.05, 3.63) is 35.7 Å². The van der Waals surface area contributed by atoms with E-state index in [-0.39, 0.29) is 23.6 Å². The number of aliphatic hydroxyl groups is 2. The van der Waals surface area contributed by atoms with Crippen molar-refractivity contribution in [1.29, 1.82) is 0 Å². The zero-order valence-corrected chi connectivity index (χ0v) is 11.4. The summed E-state index contributed by atoms with van der Waals surface area (Å²) in [5.74, 6) is -0.339. The van der Waals surface area contributed by atoms with E-state index in [0.717, 1.165) is 0 Å². The summed E-state index contributed by atoms with van der Waals surface area (Å²) in [7, 11) is 0. The molecule has 0 saturated carbocycles. The number of aromatic amines is 1. The Morgan fingerprint density at radius 3 is 3.00 bits per heavy atom. The number of fused-ring (bicyclic) bond motifs is 1. The molecule has 4 atom stereocenters. The van der Waals surface area contributed by atoms with E-state index >= 15 is 0 Å². The number of H-pyrrole nitrogens is 1. The van der Waals surface area contributed by atoms with Crippen molar-refractivity contribution in [3.8, 4) is 0 Å². The van der Waals surface area contributed by atoms with Gasteiger partial charge >= 0.3 is 0 Å². The van der Waals surface area contributed by atoms with Gasteiger partial charge in [-0.1, -0.05) is 13.0 Å². The topological polar surface area (TPSA) is 113 Å². The molecule has 21 heavy (non-hydrogen) atoms. The summed E-state index contributed by atoms with van der Waals surface area (Å²) in [6.07, 6.45) is 2.59. The van der Waals surface area contributed by atoms with Crippen LogP contribution in [0.3, 0.4) is 0 Å². The van der Waals surface area contributed by atoms with E-state index in [2.05, 4.69) is 21.5 Å². The first kappa shape index (κ1) is 13.9. The van der Waals surface area contributed by atoms with E-state index in [1.54, 1.807) is 11.5 Å². The molecule has 0 spiro atoms. The van der Waals surface area contributed by atoms with Gasteiger partial charge in [-0.25, -0.2) is 9.97 Å². The van der Waals surface area contributed by atoms with Gasteiger partial charge in [0.1, 0.15) is 11.8 Å². The summed E-state index contributed by atoms with van der Waals surface area (Å²) >= 11 is 0. The van der Waals surface area contributed by atoms with Gasteiger partial charge in [0.2, 0.25) is 0 Å². The van der Waals surface area contributed by atoms with Crippen molar-refractivity contribution < 1.29 is 14.9 Å². The lowest BCUT2D eigenvalue weighted by Crippen LogP contribution is -2.42. The lowest BCUT2D eigenvalue weighted by Gasteiger charge is -2.26. The van der Waals surface area contributed by atoms with E-state index < -0.39 is 17.9 Å². The van der Waals surface area contributed by atoms with E-state index in [1.165, 1.54) is 18.7 Å². The molecule has 3 N–H and O–H groups in total. The predicted octanol–water partition coefficient (Wildman–Crippen LogP) is -0.438. The van der Waals surface area contributed by atoms with Crippen molar-refractivity contribution in [3.63, 3.8) is 0 Å². The molecule has 112 valence electrons. The van der Waals surface area contributed by atoms with Crippen molar-refractivity contribution in [1.82, 2.24) is 19.5 Å². The molecular formula is C13H16N4O4. The maximum Gasteiger partial charge on any atom is 0.278 e. The van der Waals surface area contributed by atoms with Crippen LogP contribution in [-0.2, 0) is 4.74 Å². The minimum Gasteiger partial charge on any atom is -0.393 e. The summed E-state index contributed by atoms with van der Waals surface area (Å²) in [4.78, 5) is 22.3. The van der Waals surface area contributed by atoms with Crippen molar-refractivity contribution in [2.75, 3.05) is 6.61 Å². The number of hydrogen-bond donors (Lipinski definition) is 3. The molecular weight excluding hydrogens is 276 g/mol. The second-order valence-corrected chi connectivity index (χ2v) is 5.19. The van der Waals surface area contributed by atoms with Gasteiger partial charge in [-0.05, 0) is 0 Å². The second kappa shape index (κ2) is 4.76. The third kappa shape index (κ3) is 1.84. The average molecular weight is 292 g/mol. The molecule has 8 heteroatoms. The Morgan fingerprint density at radius 1 is 1.62 bits per heavy atom. The standard InChI is InChI=1S/C13H16N4O4/c1-3-13(4-18)9(19)7(2)12(21-13)17-6-16-8-10(17)14-5-15-11(8)20/h3,5-7,9,12,18-19H,1,4H2,2H3,(H,14,15,20)/t7-,9+,12-,13-/m1/s1. The van der Waals surface area contributed by atoms with Crippen molar-refractivity contribution in [2.45, 2.75) is 24.9 Å². The first-order valence-electron chi connectivity index (χ1n) is 6.54. The lowest BCUT2D eigenvalue weighted by atomic mass is 9.91. The first-order chi connectivity index (χ1) is 10.0. The monoisotopic (exact) mass is 292 g/mol. The molecule has 1 fully saturated rings. The molecule has 3 heterocycles. The fraction of sp³-hybridized carbons (Fsp3) is 0.462. The largest absolute Gasteiger partial charge is 0.393 e. The van der Waals surface area contributed by atoms with Gasteiger partial charge in [0.15, 0.2) is 11.2 Å². The van der Waals surface area contributed by atoms with Crippen molar-refractivity contribution in [2.24, 2.45) is 5.92 Å². The molecule has 0 amide bonds. The van der Waals surface area contributed by atoms with Crippen LogP contribution >= 0.6 is 0 Å². The van der Waals surface area contributed by atoms with Gasteiger partial charge in [0.05, 0.1) is 25.4 Å². The number of ether oxygens (including phenoxy) is 1. The molecule has 0 radical (unpaired) electrons. The van der Waals surface area contributed by atoms with Gasteiger partial charge in [-0.15, -0.1) is 6.58 Å². The van der Waals surface area contributed by atoms with Gasteiger partial charge < -0.3 is 19.9 Å². The van der Waals surface area contributed by atoms with Crippen molar-refractivity contribution >= 4 is 11.2 Å². The Balaban J connectivity index is 2.10. The molecule has 3 rings (SSSR count). The smallest absolute Gasteiger partial charge is 0.278 e. The number of nitrogens with one attached hydrogen (secondary N) is 1. The highest BCUT2D eigenvalue weighted by atomic mass is 16.6. The van der Waals surface area contributed by atoms with E-state index in [0.29, 0.717) is 5.65 Å². The molecule has 2 aromatic heterocycles. The number of aliphatic hydroxyl groups excluding tert-OH is 2. The first-order valence-corrected chi connectivity index (χ1v) is 6.54. The van der Waals surface area contributed by atoms with Crippen LogP contribution in [0.2, 0.25) is 0 Å². The molecule has 1 aliphatic rings. The van der Waals surface area contributed by atoms with Gasteiger partial charge in [-0.2, -0.15) is 0 Å². The highest BCUT2D eigenvalue weighted by Gasteiger charge is 2.51. The summed E-state index contributed by atoms with van der Waals surface area (Å²) in [6.45, 7) is 5.02. The fourth-order valence-electron chi connectivity index (χ4n) is 2.73. The Kier molecular flexibility index (Phi) is 3.16. The molecule has 0 bridgehead atoms. The Hall–Kier alpha value is -2.03. The summed E-state index contributed by atoms with van der Waals surface area (Å²) in [6, 6.07) is 0. The van der Waals surface area contributed by atoms with Gasteiger partial charge in [0.25, 0.3) is 5.56 Å². The predicted molar refractivity (Wildman–Crippen MR) is 73.5 cm³/mol. The summed E-state index contributed by atoms with van der Waals surface area (Å²) in [5.41, 5.74) is -1.02. The van der Waals surface area contributed by atoms with Gasteiger partial charge in [0, 0.05) is 5.92 Å². The zero-order chi connectivity index (χ0) is 15.2. The Bertz CT molecular complexity index is 739. The van der Waals surface area contributed by atoms with Crippen LogP contribution in [0.1, 0.15) is 13.2 Å². The van der Waals surface area contributed by atoms with Crippen LogP contribution < -0.4 is 5.56 Å². The number of nitrogens with zero attached hydrogens (tertiary/aromatic N) is 3. The minimum absolute atomic E-state index is 0.197. The molecule has 1 saturated heterocycles. The quantitative estimate of drug-likeness (QED) is 0.661. The maximum atomic E-state index is 11.7. The summed E-state index contributed by atoms with van der Waals surface area (Å²) < 4.78 is 7.40. The van der Waals surface area contributed by atoms with Gasteiger partial charge in [-0.3, -0.25) is 9.36 Å². The molecule has 8 nitrogen and oxygen atoms in total. The van der Waals surface area contributed by atoms with Crippen LogP contribution in [0.25, 0.3) is 11.2 Å². The highest BCUT2D eigenvalue weighted by Crippen LogP contribution is 2.42. The molecule has 0 aliphatic carbocycles. The Morgan fingerprint density at radius 2 is 2.38 bits per heavy atom. The average Bonchev–Trinajstić information content (AvgIpc) is 3.02. The fourth-order valence-corrected chi connectivity index (χ4v) is 2.73. The summed E-state index contributed by atoms with van der Waals surface area (Å²) in [5, 5.41) is 19.9. The molecule has 0 aromatic carbocycles. The third-order valence-corrected chi connectivity index (χ3v) is 4.02. The molecule has 2 aromatic rings.